The van der Waals surface area contributed by atoms with E-state index < -0.39 is 17.7 Å². The van der Waals surface area contributed by atoms with Crippen LogP contribution in [0.2, 0.25) is 0 Å². The summed E-state index contributed by atoms with van der Waals surface area (Å²) >= 11 is 0. The number of likely N-dealkylation sites (N-methyl/N-ethyl adjacent to an activating group) is 1. The van der Waals surface area contributed by atoms with E-state index in [4.69, 9.17) is 11.1 Å². The topological polar surface area (TPSA) is 114 Å². The van der Waals surface area contributed by atoms with Gasteiger partial charge < -0.3 is 15.4 Å². The first kappa shape index (κ1) is 16.5. The Balaban J connectivity index is 0. The molecule has 0 heterocycles. The number of Topliss-reactive ketones (excluding diaryl/α,β-unsaturated/α-hetero) is 1. The van der Waals surface area contributed by atoms with Gasteiger partial charge in [0, 0.05) is 14.0 Å². The Morgan fingerprint density at radius 3 is 2.20 bits per heavy atom. The Kier molecular flexibility index (Phi) is 8.12. The van der Waals surface area contributed by atoms with Crippen molar-refractivity contribution >= 4 is 53.2 Å². The monoisotopic (exact) mass is 225 g/mol. The van der Waals surface area contributed by atoms with E-state index >= 15 is 0 Å². The Hall–Kier alpha value is -0.920. The van der Waals surface area contributed by atoms with Gasteiger partial charge in [0.25, 0.3) is 0 Å². The summed E-state index contributed by atoms with van der Waals surface area (Å²) in [7, 11) is 1.38. The normalized spacial score (nSPS) is 8.40. The number of ketones is 1. The van der Waals surface area contributed by atoms with Crippen molar-refractivity contribution in [2.45, 2.75) is 6.92 Å². The van der Waals surface area contributed by atoms with E-state index in [1.165, 1.54) is 7.05 Å². The fourth-order valence-corrected chi connectivity index (χ4v) is 0.486. The Bertz CT molecular complexity index is 292. The molecular formula is C7H12N3NaO4. The van der Waals surface area contributed by atoms with Crippen molar-refractivity contribution in [1.82, 2.24) is 4.90 Å². The molecule has 0 fully saturated rings. The van der Waals surface area contributed by atoms with E-state index in [1.54, 1.807) is 0 Å². The molecule has 0 saturated heterocycles. The van der Waals surface area contributed by atoms with Gasteiger partial charge in [0.15, 0.2) is 5.96 Å². The molecule has 80 valence electrons. The molecule has 0 aliphatic rings. The third-order valence-corrected chi connectivity index (χ3v) is 1.27. The number of hydrogen-bond donors (Lipinski definition) is 2. The van der Waals surface area contributed by atoms with Crippen LogP contribution in [-0.2, 0) is 19.1 Å². The molecule has 0 radical (unpaired) electrons. The second-order valence-electron chi connectivity index (χ2n) is 2.56. The van der Waals surface area contributed by atoms with Crippen LogP contribution < -0.4 is 5.73 Å². The van der Waals surface area contributed by atoms with Crippen molar-refractivity contribution in [1.29, 1.82) is 5.41 Å². The summed E-state index contributed by atoms with van der Waals surface area (Å²) in [4.78, 5) is 32.9. The summed E-state index contributed by atoms with van der Waals surface area (Å²) in [5, 5.41) is 6.90. The van der Waals surface area contributed by atoms with Crippen LogP contribution in [0.15, 0.2) is 0 Å². The fraction of sp³-hybridized carbons (Fsp3) is 0.429. The van der Waals surface area contributed by atoms with Crippen molar-refractivity contribution < 1.29 is 19.1 Å². The number of ether oxygens (including phenoxy) is 1. The van der Waals surface area contributed by atoms with E-state index in [0.717, 1.165) is 11.8 Å². The third-order valence-electron chi connectivity index (χ3n) is 1.27. The SMILES string of the molecule is CC(=O)C(=O)OC(=O)CN(C)C(=N)N.[NaH]. The molecule has 0 aromatic rings. The molecule has 0 aromatic heterocycles. The average Bonchev–Trinajstić information content (AvgIpc) is 2.03. The summed E-state index contributed by atoms with van der Waals surface area (Å²) < 4.78 is 4.11. The molecule has 0 aliphatic carbocycles. The van der Waals surface area contributed by atoms with Crippen molar-refractivity contribution in [2.24, 2.45) is 5.73 Å². The van der Waals surface area contributed by atoms with E-state index in [0.29, 0.717) is 0 Å². The minimum atomic E-state index is -1.22. The fourth-order valence-electron chi connectivity index (χ4n) is 0.486. The van der Waals surface area contributed by atoms with E-state index in [9.17, 15) is 14.4 Å². The minimum absolute atomic E-state index is 0. The van der Waals surface area contributed by atoms with Crippen LogP contribution in [-0.4, -0.2) is 71.7 Å². The molecule has 8 heteroatoms. The molecule has 0 saturated carbocycles. The van der Waals surface area contributed by atoms with Gasteiger partial charge >= 0.3 is 41.5 Å². The molecule has 0 spiro atoms. The van der Waals surface area contributed by atoms with Gasteiger partial charge in [-0.25, -0.2) is 9.59 Å². The predicted octanol–water partition coefficient (Wildman–Crippen LogP) is -2.18. The first-order chi connectivity index (χ1) is 6.34. The van der Waals surface area contributed by atoms with Gasteiger partial charge in [-0.1, -0.05) is 0 Å². The number of rotatable bonds is 3. The van der Waals surface area contributed by atoms with Crippen LogP contribution in [0.1, 0.15) is 6.92 Å². The number of guanidine groups is 1. The summed E-state index contributed by atoms with van der Waals surface area (Å²) in [6.07, 6.45) is 0. The van der Waals surface area contributed by atoms with E-state index in [-0.39, 0.29) is 42.1 Å². The molecule has 0 aromatic carbocycles. The van der Waals surface area contributed by atoms with Crippen LogP contribution in [0.4, 0.5) is 0 Å². The van der Waals surface area contributed by atoms with Gasteiger partial charge in [-0.05, 0) is 0 Å². The maximum absolute atomic E-state index is 10.9. The van der Waals surface area contributed by atoms with Crippen molar-refractivity contribution in [3.63, 3.8) is 0 Å². The predicted molar refractivity (Wildman–Crippen MR) is 53.5 cm³/mol. The van der Waals surface area contributed by atoms with Crippen molar-refractivity contribution in [2.75, 3.05) is 13.6 Å². The zero-order valence-corrected chi connectivity index (χ0v) is 7.86. The van der Waals surface area contributed by atoms with Gasteiger partial charge in [-0.3, -0.25) is 10.2 Å². The summed E-state index contributed by atoms with van der Waals surface area (Å²) in [5.41, 5.74) is 5.02. The molecule has 0 rings (SSSR count). The Labute approximate surface area is 109 Å². The average molecular weight is 225 g/mol. The summed E-state index contributed by atoms with van der Waals surface area (Å²) in [5.74, 6) is -3.34. The number of carbonyl (C=O) groups excluding carboxylic acids is 3. The van der Waals surface area contributed by atoms with Gasteiger partial charge in [0.05, 0.1) is 0 Å². The number of esters is 2. The zero-order valence-electron chi connectivity index (χ0n) is 7.86. The summed E-state index contributed by atoms with van der Waals surface area (Å²) in [6.45, 7) is 0.638. The molecular weight excluding hydrogens is 213 g/mol. The zero-order chi connectivity index (χ0) is 11.3. The Morgan fingerprint density at radius 1 is 1.40 bits per heavy atom. The van der Waals surface area contributed by atoms with Crippen LogP contribution in [0, 0.1) is 5.41 Å². The molecule has 7 nitrogen and oxygen atoms in total. The molecule has 3 N–H and O–H groups in total. The first-order valence-electron chi connectivity index (χ1n) is 3.65. The molecule has 0 aliphatic heterocycles. The molecule has 0 unspecified atom stereocenters. The van der Waals surface area contributed by atoms with Crippen molar-refractivity contribution in [3.05, 3.63) is 0 Å². The standard InChI is InChI=1S/C7H11N3O4.Na.H/c1-4(11)6(13)14-5(12)3-10(2)7(8)9;;/h3H2,1-2H3,(H3,8,9);;. The number of nitrogens with two attached hydrogens (primary N) is 1. The van der Waals surface area contributed by atoms with Crippen LogP contribution in [0.25, 0.3) is 0 Å². The number of nitrogens with one attached hydrogen (secondary N) is 1. The third kappa shape index (κ3) is 7.06. The first-order valence-corrected chi connectivity index (χ1v) is 3.65. The van der Waals surface area contributed by atoms with Gasteiger partial charge in [-0.15, -0.1) is 0 Å². The van der Waals surface area contributed by atoms with Gasteiger partial charge in [0.1, 0.15) is 6.54 Å². The molecule has 0 bridgehead atoms. The van der Waals surface area contributed by atoms with Gasteiger partial charge in [0.2, 0.25) is 5.78 Å². The quantitative estimate of drug-likeness (QED) is 0.141. The Morgan fingerprint density at radius 2 is 1.87 bits per heavy atom. The number of nitrogens with zero attached hydrogens (tertiary/aromatic N) is 1. The van der Waals surface area contributed by atoms with Crippen LogP contribution >= 0.6 is 0 Å². The number of carbonyl (C=O) groups is 3. The molecule has 0 amide bonds. The molecule has 15 heavy (non-hydrogen) atoms. The van der Waals surface area contributed by atoms with E-state index in [2.05, 4.69) is 4.74 Å². The van der Waals surface area contributed by atoms with Gasteiger partial charge in [-0.2, -0.15) is 0 Å². The summed E-state index contributed by atoms with van der Waals surface area (Å²) in [6, 6.07) is 0. The van der Waals surface area contributed by atoms with Crippen LogP contribution in [0.3, 0.4) is 0 Å². The maximum atomic E-state index is 10.9. The van der Waals surface area contributed by atoms with E-state index in [1.807, 2.05) is 0 Å². The molecule has 0 atom stereocenters. The number of hydrogen-bond acceptors (Lipinski definition) is 5. The van der Waals surface area contributed by atoms with Crippen LogP contribution in [0.5, 0.6) is 0 Å². The van der Waals surface area contributed by atoms with Crippen molar-refractivity contribution in [3.8, 4) is 0 Å². The second-order valence-corrected chi connectivity index (χ2v) is 2.56. The second kappa shape index (κ2) is 7.38.